The molecule has 0 saturated heterocycles. The summed E-state index contributed by atoms with van der Waals surface area (Å²) in [5.74, 6) is 2.05. The van der Waals surface area contributed by atoms with Gasteiger partial charge in [0.25, 0.3) is 0 Å². The summed E-state index contributed by atoms with van der Waals surface area (Å²) in [7, 11) is 3.22. The number of aromatic nitrogens is 3. The lowest BCUT2D eigenvalue weighted by molar-refractivity contribution is 0.394. The standard InChI is InChI=1S/C10H11N3O2/c1-14-8-3-7(4-9(5-8)15-2)10-11-6-12-13-10/h3-6H,1-2H3,(H,11,12,13). The molecule has 5 nitrogen and oxygen atoms in total. The third-order valence-corrected chi connectivity index (χ3v) is 2.02. The average Bonchev–Trinajstić information content (AvgIpc) is 2.81. The fourth-order valence-corrected chi connectivity index (χ4v) is 1.28. The van der Waals surface area contributed by atoms with Crippen LogP contribution in [0.1, 0.15) is 0 Å². The van der Waals surface area contributed by atoms with E-state index in [1.807, 2.05) is 12.1 Å². The van der Waals surface area contributed by atoms with Crippen molar-refractivity contribution in [1.82, 2.24) is 15.2 Å². The van der Waals surface area contributed by atoms with E-state index in [2.05, 4.69) is 15.2 Å². The maximum absolute atomic E-state index is 5.15. The molecule has 0 atom stereocenters. The molecule has 0 radical (unpaired) electrons. The molecule has 1 aromatic heterocycles. The van der Waals surface area contributed by atoms with Crippen LogP contribution in [0.2, 0.25) is 0 Å². The molecule has 2 aromatic rings. The molecule has 0 saturated carbocycles. The van der Waals surface area contributed by atoms with Crippen LogP contribution in [0.4, 0.5) is 0 Å². The number of hydrogen-bond donors (Lipinski definition) is 1. The number of hydrogen-bond acceptors (Lipinski definition) is 4. The summed E-state index contributed by atoms with van der Waals surface area (Å²) in [6.07, 6.45) is 1.53. The lowest BCUT2D eigenvalue weighted by Gasteiger charge is -2.05. The number of ether oxygens (including phenoxy) is 2. The van der Waals surface area contributed by atoms with Crippen LogP contribution >= 0.6 is 0 Å². The summed E-state index contributed by atoms with van der Waals surface area (Å²) in [5.41, 5.74) is 0.854. The highest BCUT2D eigenvalue weighted by Crippen LogP contribution is 2.27. The van der Waals surface area contributed by atoms with Gasteiger partial charge >= 0.3 is 0 Å². The summed E-state index contributed by atoms with van der Waals surface area (Å²) >= 11 is 0. The first-order valence-corrected chi connectivity index (χ1v) is 4.42. The second kappa shape index (κ2) is 4.00. The highest BCUT2D eigenvalue weighted by Gasteiger charge is 2.06. The van der Waals surface area contributed by atoms with E-state index in [9.17, 15) is 0 Å². The molecule has 0 bridgehead atoms. The number of rotatable bonds is 3. The lowest BCUT2D eigenvalue weighted by Crippen LogP contribution is -1.89. The van der Waals surface area contributed by atoms with Crippen LogP contribution in [0.5, 0.6) is 11.5 Å². The molecule has 15 heavy (non-hydrogen) atoms. The number of nitrogens with one attached hydrogen (secondary N) is 1. The first-order chi connectivity index (χ1) is 7.33. The Balaban J connectivity index is 2.47. The molecule has 1 N–H and O–H groups in total. The van der Waals surface area contributed by atoms with Gasteiger partial charge in [0, 0.05) is 11.6 Å². The van der Waals surface area contributed by atoms with Gasteiger partial charge in [-0.3, -0.25) is 5.10 Å². The first-order valence-electron chi connectivity index (χ1n) is 4.42. The average molecular weight is 205 g/mol. The highest BCUT2D eigenvalue weighted by atomic mass is 16.5. The fourth-order valence-electron chi connectivity index (χ4n) is 1.28. The van der Waals surface area contributed by atoms with E-state index in [0.717, 1.165) is 5.56 Å². The number of methoxy groups -OCH3 is 2. The Morgan fingerprint density at radius 1 is 1.07 bits per heavy atom. The third-order valence-electron chi connectivity index (χ3n) is 2.02. The Hall–Kier alpha value is -2.04. The smallest absolute Gasteiger partial charge is 0.181 e. The zero-order chi connectivity index (χ0) is 10.7. The summed E-state index contributed by atoms with van der Waals surface area (Å²) < 4.78 is 10.3. The van der Waals surface area contributed by atoms with Crippen molar-refractivity contribution >= 4 is 0 Å². The molecule has 0 aliphatic carbocycles. The van der Waals surface area contributed by atoms with Gasteiger partial charge in [0.1, 0.15) is 17.8 Å². The monoisotopic (exact) mass is 205 g/mol. The van der Waals surface area contributed by atoms with E-state index in [-0.39, 0.29) is 0 Å². The molecule has 1 heterocycles. The van der Waals surface area contributed by atoms with Crippen molar-refractivity contribution in [2.24, 2.45) is 0 Å². The van der Waals surface area contributed by atoms with E-state index in [0.29, 0.717) is 17.3 Å². The van der Waals surface area contributed by atoms with Gasteiger partial charge in [0.15, 0.2) is 5.82 Å². The molecule has 0 aliphatic rings. The SMILES string of the molecule is COc1cc(OC)cc(-c2nc[nH]n2)c1. The highest BCUT2D eigenvalue weighted by molar-refractivity contribution is 5.60. The van der Waals surface area contributed by atoms with Crippen LogP contribution in [0.25, 0.3) is 11.4 Å². The van der Waals surface area contributed by atoms with Crippen molar-refractivity contribution in [1.29, 1.82) is 0 Å². The minimum atomic E-state index is 0.618. The van der Waals surface area contributed by atoms with Crippen molar-refractivity contribution in [3.63, 3.8) is 0 Å². The van der Waals surface area contributed by atoms with Gasteiger partial charge in [-0.1, -0.05) is 0 Å². The maximum Gasteiger partial charge on any atom is 0.181 e. The molecule has 0 fully saturated rings. The lowest BCUT2D eigenvalue weighted by atomic mass is 10.2. The summed E-state index contributed by atoms with van der Waals surface area (Å²) in [4.78, 5) is 4.06. The molecule has 1 aromatic carbocycles. The van der Waals surface area contributed by atoms with Gasteiger partial charge in [0.2, 0.25) is 0 Å². The molecule has 0 aliphatic heterocycles. The largest absolute Gasteiger partial charge is 0.497 e. The normalized spacial score (nSPS) is 10.0. The van der Waals surface area contributed by atoms with Gasteiger partial charge in [0.05, 0.1) is 14.2 Å². The molecule has 78 valence electrons. The van der Waals surface area contributed by atoms with E-state index >= 15 is 0 Å². The zero-order valence-electron chi connectivity index (χ0n) is 8.52. The van der Waals surface area contributed by atoms with Crippen molar-refractivity contribution in [2.75, 3.05) is 14.2 Å². The second-order valence-electron chi connectivity index (χ2n) is 2.92. The van der Waals surface area contributed by atoms with Crippen LogP contribution < -0.4 is 9.47 Å². The van der Waals surface area contributed by atoms with E-state index in [4.69, 9.17) is 9.47 Å². The Morgan fingerprint density at radius 2 is 1.73 bits per heavy atom. The van der Waals surface area contributed by atoms with Gasteiger partial charge in [-0.15, -0.1) is 0 Å². The Morgan fingerprint density at radius 3 is 2.20 bits per heavy atom. The van der Waals surface area contributed by atoms with Crippen LogP contribution in [0.15, 0.2) is 24.5 Å². The van der Waals surface area contributed by atoms with Crippen molar-refractivity contribution in [3.05, 3.63) is 24.5 Å². The van der Waals surface area contributed by atoms with Crippen LogP contribution in [0, 0.1) is 0 Å². The van der Waals surface area contributed by atoms with Crippen LogP contribution in [-0.2, 0) is 0 Å². The van der Waals surface area contributed by atoms with Crippen molar-refractivity contribution in [3.8, 4) is 22.9 Å². The molecule has 0 spiro atoms. The Labute approximate surface area is 87.1 Å². The minimum absolute atomic E-state index is 0.618. The van der Waals surface area contributed by atoms with Crippen LogP contribution in [-0.4, -0.2) is 29.4 Å². The maximum atomic E-state index is 5.15. The molecular weight excluding hydrogens is 194 g/mol. The number of benzene rings is 1. The van der Waals surface area contributed by atoms with Crippen LogP contribution in [0.3, 0.4) is 0 Å². The van der Waals surface area contributed by atoms with Gasteiger partial charge < -0.3 is 9.47 Å². The molecule has 0 unspecified atom stereocenters. The molecule has 5 heteroatoms. The number of H-pyrrole nitrogens is 1. The van der Waals surface area contributed by atoms with E-state index in [1.54, 1.807) is 20.3 Å². The molecule has 2 rings (SSSR count). The molecular formula is C10H11N3O2. The fraction of sp³-hybridized carbons (Fsp3) is 0.200. The van der Waals surface area contributed by atoms with Gasteiger partial charge in [-0.25, -0.2) is 4.98 Å². The van der Waals surface area contributed by atoms with Crippen molar-refractivity contribution < 1.29 is 9.47 Å². The second-order valence-corrected chi connectivity index (χ2v) is 2.92. The summed E-state index contributed by atoms with van der Waals surface area (Å²) in [5, 5.41) is 6.65. The quantitative estimate of drug-likeness (QED) is 0.824. The van der Waals surface area contributed by atoms with E-state index in [1.165, 1.54) is 6.33 Å². The summed E-state index contributed by atoms with van der Waals surface area (Å²) in [6, 6.07) is 5.51. The van der Waals surface area contributed by atoms with E-state index < -0.39 is 0 Å². The zero-order valence-corrected chi connectivity index (χ0v) is 8.52. The predicted octanol–water partition coefficient (Wildman–Crippen LogP) is 1.49. The molecule has 0 amide bonds. The summed E-state index contributed by atoms with van der Waals surface area (Å²) in [6.45, 7) is 0. The minimum Gasteiger partial charge on any atom is -0.497 e. The number of nitrogens with zero attached hydrogens (tertiary/aromatic N) is 2. The topological polar surface area (TPSA) is 60.0 Å². The number of aromatic amines is 1. The van der Waals surface area contributed by atoms with Gasteiger partial charge in [-0.05, 0) is 12.1 Å². The first kappa shape index (κ1) is 9.51. The van der Waals surface area contributed by atoms with Crippen molar-refractivity contribution in [2.45, 2.75) is 0 Å². The third kappa shape index (κ3) is 1.90. The Kier molecular flexibility index (Phi) is 2.53. The van der Waals surface area contributed by atoms with Gasteiger partial charge in [-0.2, -0.15) is 5.10 Å². The predicted molar refractivity (Wildman–Crippen MR) is 54.9 cm³/mol. The Bertz CT molecular complexity index is 418.